The van der Waals surface area contributed by atoms with Crippen molar-refractivity contribution in [1.82, 2.24) is 0 Å². The summed E-state index contributed by atoms with van der Waals surface area (Å²) in [5, 5.41) is 19.3. The maximum atomic E-state index is 9.95. The Labute approximate surface area is 136 Å². The van der Waals surface area contributed by atoms with Crippen LogP contribution >= 0.6 is 0 Å². The Balaban J connectivity index is 2.03. The lowest BCUT2D eigenvalue weighted by atomic mass is 9.91. The van der Waals surface area contributed by atoms with Crippen molar-refractivity contribution in [2.45, 2.75) is 20.8 Å². The molecule has 116 valence electrons. The smallest absolute Gasteiger partial charge is 0.119 e. The van der Waals surface area contributed by atoms with Gasteiger partial charge in [0.15, 0.2) is 0 Å². The Bertz CT molecular complexity index is 845. The first-order valence-corrected chi connectivity index (χ1v) is 7.67. The topological polar surface area (TPSA) is 40.5 Å². The van der Waals surface area contributed by atoms with Crippen LogP contribution < -0.4 is 0 Å². The average Bonchev–Trinajstić information content (AvgIpc) is 2.54. The van der Waals surface area contributed by atoms with E-state index in [1.54, 1.807) is 12.1 Å². The highest BCUT2D eigenvalue weighted by atomic mass is 16.3. The van der Waals surface area contributed by atoms with Crippen LogP contribution in [0.3, 0.4) is 0 Å². The van der Waals surface area contributed by atoms with Gasteiger partial charge >= 0.3 is 0 Å². The van der Waals surface area contributed by atoms with E-state index in [1.807, 2.05) is 39.0 Å². The van der Waals surface area contributed by atoms with Crippen molar-refractivity contribution in [3.8, 4) is 33.8 Å². The van der Waals surface area contributed by atoms with Crippen molar-refractivity contribution in [3.63, 3.8) is 0 Å². The summed E-state index contributed by atoms with van der Waals surface area (Å²) in [7, 11) is 0. The van der Waals surface area contributed by atoms with Crippen molar-refractivity contribution < 1.29 is 10.2 Å². The van der Waals surface area contributed by atoms with Gasteiger partial charge in [-0.2, -0.15) is 0 Å². The molecule has 2 N–H and O–H groups in total. The summed E-state index contributed by atoms with van der Waals surface area (Å²) in [6.45, 7) is 6.01. The quantitative estimate of drug-likeness (QED) is 0.669. The lowest BCUT2D eigenvalue weighted by Crippen LogP contribution is -1.92. The number of aryl methyl sites for hydroxylation is 1. The maximum Gasteiger partial charge on any atom is 0.119 e. The number of hydrogen-bond donors (Lipinski definition) is 2. The van der Waals surface area contributed by atoms with E-state index in [4.69, 9.17) is 0 Å². The van der Waals surface area contributed by atoms with Crippen molar-refractivity contribution in [2.24, 2.45) is 0 Å². The molecule has 2 nitrogen and oxygen atoms in total. The molecule has 0 atom stereocenters. The molecule has 0 aliphatic carbocycles. The minimum absolute atomic E-state index is 0.274. The SMILES string of the molecule is Cc1cc(O)c(C)c(C)c1-c1ccc(-c2ccc(O)cc2)cc1. The van der Waals surface area contributed by atoms with E-state index >= 15 is 0 Å². The molecule has 0 spiro atoms. The molecule has 0 heterocycles. The number of phenolic OH excluding ortho intramolecular Hbond substituents is 2. The molecule has 3 aromatic rings. The standard InChI is InChI=1S/C21H20O2/c1-13-12-20(23)14(2)15(3)21(13)18-6-4-16(5-7-18)17-8-10-19(22)11-9-17/h4-12,22-23H,1-3H3. The van der Waals surface area contributed by atoms with Gasteiger partial charge in [-0.1, -0.05) is 36.4 Å². The Morgan fingerprint density at radius 1 is 0.609 bits per heavy atom. The first-order valence-electron chi connectivity index (χ1n) is 7.67. The second-order valence-corrected chi connectivity index (χ2v) is 5.96. The van der Waals surface area contributed by atoms with Crippen molar-refractivity contribution in [1.29, 1.82) is 0 Å². The predicted octanol–water partition coefficient (Wildman–Crippen LogP) is 5.36. The van der Waals surface area contributed by atoms with Gasteiger partial charge in [0.1, 0.15) is 11.5 Å². The van der Waals surface area contributed by atoms with Crippen molar-refractivity contribution in [3.05, 3.63) is 71.3 Å². The molecule has 23 heavy (non-hydrogen) atoms. The van der Waals surface area contributed by atoms with Crippen LogP contribution in [0.4, 0.5) is 0 Å². The average molecular weight is 304 g/mol. The molecule has 3 rings (SSSR count). The predicted molar refractivity (Wildman–Crippen MR) is 94.9 cm³/mol. The van der Waals surface area contributed by atoms with Gasteiger partial charge in [-0.05, 0) is 77.9 Å². The lowest BCUT2D eigenvalue weighted by Gasteiger charge is -2.15. The summed E-state index contributed by atoms with van der Waals surface area (Å²) in [6, 6.07) is 17.4. The van der Waals surface area contributed by atoms with Gasteiger partial charge in [-0.25, -0.2) is 0 Å². The Hall–Kier alpha value is -2.74. The molecule has 0 fully saturated rings. The van der Waals surface area contributed by atoms with Crippen LogP contribution in [-0.2, 0) is 0 Å². The number of benzene rings is 3. The second kappa shape index (κ2) is 5.81. The van der Waals surface area contributed by atoms with E-state index in [0.717, 1.165) is 33.4 Å². The van der Waals surface area contributed by atoms with E-state index in [2.05, 4.69) is 24.3 Å². The molecule has 0 unspecified atom stereocenters. The van der Waals surface area contributed by atoms with E-state index in [-0.39, 0.29) is 5.75 Å². The fraction of sp³-hybridized carbons (Fsp3) is 0.143. The molecule has 3 aromatic carbocycles. The van der Waals surface area contributed by atoms with Crippen LogP contribution in [0.5, 0.6) is 11.5 Å². The molecule has 2 heteroatoms. The van der Waals surface area contributed by atoms with Crippen LogP contribution in [0.25, 0.3) is 22.3 Å². The summed E-state index contributed by atoms with van der Waals surface area (Å²) in [5.41, 5.74) is 7.61. The van der Waals surface area contributed by atoms with Crippen LogP contribution in [0, 0.1) is 20.8 Å². The van der Waals surface area contributed by atoms with Crippen molar-refractivity contribution in [2.75, 3.05) is 0 Å². The molecule has 0 aliphatic heterocycles. The fourth-order valence-corrected chi connectivity index (χ4v) is 2.99. The third-order valence-corrected chi connectivity index (χ3v) is 4.44. The van der Waals surface area contributed by atoms with Crippen LogP contribution in [0.1, 0.15) is 16.7 Å². The van der Waals surface area contributed by atoms with Gasteiger partial charge in [0.2, 0.25) is 0 Å². The van der Waals surface area contributed by atoms with E-state index < -0.39 is 0 Å². The summed E-state index contributed by atoms with van der Waals surface area (Å²) >= 11 is 0. The van der Waals surface area contributed by atoms with Gasteiger partial charge in [0.05, 0.1) is 0 Å². The summed E-state index contributed by atoms with van der Waals surface area (Å²) in [5.74, 6) is 0.626. The Morgan fingerprint density at radius 2 is 1.09 bits per heavy atom. The highest BCUT2D eigenvalue weighted by Crippen LogP contribution is 2.35. The first-order chi connectivity index (χ1) is 11.0. The van der Waals surface area contributed by atoms with Crippen LogP contribution in [0.15, 0.2) is 54.6 Å². The normalized spacial score (nSPS) is 10.7. The van der Waals surface area contributed by atoms with E-state index in [0.29, 0.717) is 5.75 Å². The van der Waals surface area contributed by atoms with Gasteiger partial charge in [-0.15, -0.1) is 0 Å². The number of rotatable bonds is 2. The zero-order valence-electron chi connectivity index (χ0n) is 13.6. The van der Waals surface area contributed by atoms with Gasteiger partial charge in [0, 0.05) is 0 Å². The van der Waals surface area contributed by atoms with Gasteiger partial charge in [0.25, 0.3) is 0 Å². The van der Waals surface area contributed by atoms with E-state index in [9.17, 15) is 10.2 Å². The molecular formula is C21H20O2. The molecule has 0 aromatic heterocycles. The zero-order valence-corrected chi connectivity index (χ0v) is 13.6. The summed E-state index contributed by atoms with van der Waals surface area (Å²) in [4.78, 5) is 0. The monoisotopic (exact) mass is 304 g/mol. The number of hydrogen-bond acceptors (Lipinski definition) is 2. The van der Waals surface area contributed by atoms with Gasteiger partial charge in [-0.3, -0.25) is 0 Å². The Kier molecular flexibility index (Phi) is 3.83. The summed E-state index contributed by atoms with van der Waals surface area (Å²) < 4.78 is 0. The van der Waals surface area contributed by atoms with Gasteiger partial charge < -0.3 is 10.2 Å². The molecule has 0 radical (unpaired) electrons. The second-order valence-electron chi connectivity index (χ2n) is 5.96. The lowest BCUT2D eigenvalue weighted by molar-refractivity contribution is 0.470. The highest BCUT2D eigenvalue weighted by Gasteiger charge is 2.11. The molecular weight excluding hydrogens is 284 g/mol. The minimum atomic E-state index is 0.274. The first kappa shape index (κ1) is 15.2. The summed E-state index contributed by atoms with van der Waals surface area (Å²) in [6.07, 6.45) is 0. The van der Waals surface area contributed by atoms with Crippen LogP contribution in [0.2, 0.25) is 0 Å². The fourth-order valence-electron chi connectivity index (χ4n) is 2.99. The Morgan fingerprint density at radius 3 is 1.65 bits per heavy atom. The third kappa shape index (κ3) is 2.80. The maximum absolute atomic E-state index is 9.95. The minimum Gasteiger partial charge on any atom is -0.508 e. The molecule has 0 amide bonds. The van der Waals surface area contributed by atoms with Crippen molar-refractivity contribution >= 4 is 0 Å². The number of aromatic hydroxyl groups is 2. The third-order valence-electron chi connectivity index (χ3n) is 4.44. The number of phenols is 2. The highest BCUT2D eigenvalue weighted by molar-refractivity contribution is 5.76. The zero-order chi connectivity index (χ0) is 16.6. The van der Waals surface area contributed by atoms with E-state index in [1.165, 1.54) is 5.56 Å². The molecule has 0 saturated heterocycles. The largest absolute Gasteiger partial charge is 0.508 e. The molecule has 0 aliphatic rings. The molecule has 0 bridgehead atoms. The molecule has 0 saturated carbocycles. The van der Waals surface area contributed by atoms with Crippen LogP contribution in [-0.4, -0.2) is 10.2 Å².